The summed E-state index contributed by atoms with van der Waals surface area (Å²) in [6, 6.07) is 2.58. The molecule has 1 aliphatic rings. The van der Waals surface area contributed by atoms with Crippen LogP contribution in [0.25, 0.3) is 11.2 Å². The molecule has 1 fully saturated rings. The lowest BCUT2D eigenvalue weighted by Crippen LogP contribution is -2.51. The van der Waals surface area contributed by atoms with Crippen LogP contribution in [0.3, 0.4) is 0 Å². The predicted molar refractivity (Wildman–Crippen MR) is 163 cm³/mol. The molecule has 1 aliphatic heterocycles. The highest BCUT2D eigenvalue weighted by Gasteiger charge is 2.32. The number of nitrogens with zero attached hydrogens (tertiary/aromatic N) is 5. The maximum atomic E-state index is 13.9. The zero-order valence-electron chi connectivity index (χ0n) is 25.3. The fraction of sp³-hybridized carbons (Fsp3) is 0.448. The number of alkyl halides is 3. The molecule has 2 N–H and O–H groups in total. The third-order valence-electron chi connectivity index (χ3n) is 6.80. The molecule has 45 heavy (non-hydrogen) atoms. The number of carbonyl (C=O) groups excluding carboxylic acids is 3. The van der Waals surface area contributed by atoms with Gasteiger partial charge in [0.25, 0.3) is 0 Å². The smallest absolute Gasteiger partial charge is 0.416 e. The number of hydrogen-bond donors (Lipinski definition) is 2. The minimum Gasteiger partial charge on any atom is -0.444 e. The van der Waals surface area contributed by atoms with E-state index in [0.717, 1.165) is 12.1 Å². The molecule has 3 amide bonds. The number of hydrogen-bond acceptors (Lipinski definition) is 8. The van der Waals surface area contributed by atoms with Crippen LogP contribution in [0.2, 0.25) is 5.02 Å². The molecule has 4 rings (SSSR count). The Morgan fingerprint density at radius 2 is 1.73 bits per heavy atom. The van der Waals surface area contributed by atoms with Gasteiger partial charge in [-0.1, -0.05) is 18.5 Å². The minimum atomic E-state index is -4.61. The Morgan fingerprint density at radius 1 is 1.07 bits per heavy atom. The number of aromatic nitrogens is 3. The van der Waals surface area contributed by atoms with E-state index < -0.39 is 47.2 Å². The van der Waals surface area contributed by atoms with Crippen molar-refractivity contribution in [2.75, 3.05) is 41.7 Å². The van der Waals surface area contributed by atoms with Gasteiger partial charge < -0.3 is 29.7 Å². The first-order valence-electron chi connectivity index (χ1n) is 14.1. The summed E-state index contributed by atoms with van der Waals surface area (Å²) < 4.78 is 46.2. The van der Waals surface area contributed by atoms with Crippen LogP contribution in [0.5, 0.6) is 0 Å². The average molecular weight is 652 g/mol. The van der Waals surface area contributed by atoms with E-state index in [2.05, 4.69) is 20.6 Å². The van der Waals surface area contributed by atoms with Crippen LogP contribution in [-0.4, -0.2) is 69.1 Å². The number of ether oxygens (including phenoxy) is 1. The maximum absolute atomic E-state index is 13.9. The molecule has 0 bridgehead atoms. The van der Waals surface area contributed by atoms with Crippen molar-refractivity contribution in [2.45, 2.75) is 59.4 Å². The predicted octanol–water partition coefficient (Wildman–Crippen LogP) is 4.68. The molecule has 0 atom stereocenters. The maximum Gasteiger partial charge on any atom is 0.416 e. The van der Waals surface area contributed by atoms with Crippen molar-refractivity contribution in [3.63, 3.8) is 0 Å². The van der Waals surface area contributed by atoms with Crippen LogP contribution < -0.4 is 21.0 Å². The Morgan fingerprint density at radius 3 is 2.29 bits per heavy atom. The molecule has 0 saturated carbocycles. The van der Waals surface area contributed by atoms with Gasteiger partial charge in [-0.05, 0) is 45.4 Å². The van der Waals surface area contributed by atoms with Gasteiger partial charge in [0.2, 0.25) is 17.2 Å². The summed E-state index contributed by atoms with van der Waals surface area (Å²) in [4.78, 5) is 63.5. The topological polar surface area (TPSA) is 139 Å². The number of carbonyl (C=O) groups is 3. The van der Waals surface area contributed by atoms with Crippen LogP contribution in [0.4, 0.5) is 35.2 Å². The van der Waals surface area contributed by atoms with E-state index in [0.29, 0.717) is 11.8 Å². The molecule has 0 aliphatic carbocycles. The highest BCUT2D eigenvalue weighted by atomic mass is 35.5. The van der Waals surface area contributed by atoms with Crippen molar-refractivity contribution in [3.8, 4) is 0 Å². The lowest BCUT2D eigenvalue weighted by molar-refractivity contribution is -0.137. The molecule has 12 nitrogen and oxygen atoms in total. The van der Waals surface area contributed by atoms with E-state index in [1.165, 1.54) is 17.7 Å². The van der Waals surface area contributed by atoms with Crippen LogP contribution in [0.15, 0.2) is 29.2 Å². The van der Waals surface area contributed by atoms with Gasteiger partial charge in [0.05, 0.1) is 22.5 Å². The van der Waals surface area contributed by atoms with E-state index in [1.807, 2.05) is 0 Å². The first-order valence-corrected chi connectivity index (χ1v) is 14.5. The molecule has 16 heteroatoms. The lowest BCUT2D eigenvalue weighted by atomic mass is 10.1. The van der Waals surface area contributed by atoms with Gasteiger partial charge in [-0.15, -0.1) is 0 Å². The summed E-state index contributed by atoms with van der Waals surface area (Å²) in [7, 11) is 0. The Hall–Kier alpha value is -4.40. The minimum absolute atomic E-state index is 0.0319. The number of halogens is 4. The van der Waals surface area contributed by atoms with Gasteiger partial charge in [-0.25, -0.2) is 14.8 Å². The van der Waals surface area contributed by atoms with Gasteiger partial charge >= 0.3 is 12.3 Å². The first kappa shape index (κ1) is 33.5. The number of pyridine rings is 1. The average Bonchev–Trinajstić information content (AvgIpc) is 2.93. The summed E-state index contributed by atoms with van der Waals surface area (Å²) in [5, 5.41) is 4.72. The summed E-state index contributed by atoms with van der Waals surface area (Å²) >= 11 is 6.05. The SMILES string of the molecule is CCc1c(N2CCN(C(=O)OC(C)(C)C)CC2)c(=O)c2nc(NC(C)=O)cnc2n1CC(=O)Nc1ccc(C(F)(F)F)cc1Cl. The largest absolute Gasteiger partial charge is 0.444 e. The number of benzene rings is 1. The van der Waals surface area contributed by atoms with Crippen molar-refractivity contribution < 1.29 is 32.3 Å². The fourth-order valence-electron chi connectivity index (χ4n) is 4.89. The van der Waals surface area contributed by atoms with Crippen molar-refractivity contribution in [1.82, 2.24) is 19.4 Å². The van der Waals surface area contributed by atoms with Crippen molar-refractivity contribution in [2.24, 2.45) is 0 Å². The van der Waals surface area contributed by atoms with Gasteiger partial charge in [-0.2, -0.15) is 13.2 Å². The second kappa shape index (κ2) is 12.9. The molecule has 2 aromatic heterocycles. The van der Waals surface area contributed by atoms with Crippen LogP contribution in [-0.2, 0) is 33.5 Å². The van der Waals surface area contributed by atoms with Gasteiger partial charge in [0.1, 0.15) is 17.8 Å². The van der Waals surface area contributed by atoms with Crippen molar-refractivity contribution in [3.05, 3.63) is 50.9 Å². The molecule has 242 valence electrons. The Bertz CT molecular complexity index is 1700. The molecule has 1 saturated heterocycles. The Kier molecular flexibility index (Phi) is 9.61. The molecule has 0 spiro atoms. The quantitative estimate of drug-likeness (QED) is 0.392. The molecule has 0 radical (unpaired) electrons. The van der Waals surface area contributed by atoms with Crippen molar-refractivity contribution >= 4 is 57.9 Å². The summed E-state index contributed by atoms with van der Waals surface area (Å²) in [6.45, 7) is 9.06. The summed E-state index contributed by atoms with van der Waals surface area (Å²) in [6.07, 6.45) is -3.54. The van der Waals surface area contributed by atoms with E-state index in [-0.39, 0.29) is 66.0 Å². The Balaban J connectivity index is 1.73. The monoisotopic (exact) mass is 651 g/mol. The fourth-order valence-corrected chi connectivity index (χ4v) is 5.12. The summed E-state index contributed by atoms with van der Waals surface area (Å²) in [5.74, 6) is -1.05. The number of nitrogens with one attached hydrogen (secondary N) is 2. The van der Waals surface area contributed by atoms with Gasteiger partial charge in [0.15, 0.2) is 17.0 Å². The standard InChI is InChI=1S/C29H33ClF3N7O5/c1-6-20-24(38-9-11-39(12-10-38)27(44)45-28(3,4)5)25(43)23-26(34-14-21(37-23)35-16(2)41)40(20)15-22(42)36-19-8-7-17(13-18(19)30)29(31,32)33/h7-8,13-14H,6,9-12,15H2,1-5H3,(H,36,42)(H,35,37,41). The third-order valence-corrected chi connectivity index (χ3v) is 7.11. The number of rotatable bonds is 6. The molecular formula is C29H33ClF3N7O5. The third kappa shape index (κ3) is 7.82. The van der Waals surface area contributed by atoms with E-state index in [4.69, 9.17) is 16.3 Å². The van der Waals surface area contributed by atoms with E-state index in [1.54, 1.807) is 37.5 Å². The zero-order chi connectivity index (χ0) is 33.3. The normalized spacial score (nSPS) is 14.0. The van der Waals surface area contributed by atoms with E-state index in [9.17, 15) is 32.3 Å². The molecule has 0 unspecified atom stereocenters. The van der Waals surface area contributed by atoms with E-state index >= 15 is 0 Å². The zero-order valence-corrected chi connectivity index (χ0v) is 26.1. The highest BCUT2D eigenvalue weighted by molar-refractivity contribution is 6.33. The Labute approximate surface area is 261 Å². The molecule has 3 aromatic rings. The molecule has 1 aromatic carbocycles. The van der Waals surface area contributed by atoms with Crippen LogP contribution in [0, 0.1) is 0 Å². The molecular weight excluding hydrogens is 619 g/mol. The van der Waals surface area contributed by atoms with Crippen LogP contribution in [0.1, 0.15) is 45.9 Å². The first-order chi connectivity index (χ1) is 21.0. The number of fused-ring (bicyclic) bond motifs is 1. The molecule has 3 heterocycles. The second-order valence-corrected chi connectivity index (χ2v) is 11.8. The number of amides is 3. The van der Waals surface area contributed by atoms with Gasteiger partial charge in [-0.3, -0.25) is 14.4 Å². The number of anilines is 3. The lowest BCUT2D eigenvalue weighted by Gasteiger charge is -2.37. The van der Waals surface area contributed by atoms with Crippen LogP contribution >= 0.6 is 11.6 Å². The van der Waals surface area contributed by atoms with Crippen molar-refractivity contribution in [1.29, 1.82) is 0 Å². The van der Waals surface area contributed by atoms with Gasteiger partial charge in [0, 0.05) is 38.8 Å². The number of piperazine rings is 1. The summed E-state index contributed by atoms with van der Waals surface area (Å²) in [5.41, 5.74) is -1.49. The highest BCUT2D eigenvalue weighted by Crippen LogP contribution is 2.34. The second-order valence-electron chi connectivity index (χ2n) is 11.4.